The molecule has 2 amide bonds. The van der Waals surface area contributed by atoms with Gasteiger partial charge in [-0.15, -0.1) is 11.3 Å². The third kappa shape index (κ3) is 3.42. The summed E-state index contributed by atoms with van der Waals surface area (Å²) in [5.74, 6) is 0.0458. The fourth-order valence-corrected chi connectivity index (χ4v) is 3.24. The number of amides is 2. The molecule has 1 aliphatic rings. The summed E-state index contributed by atoms with van der Waals surface area (Å²) in [5, 5.41) is 0. The van der Waals surface area contributed by atoms with Crippen molar-refractivity contribution in [1.82, 2.24) is 14.8 Å². The van der Waals surface area contributed by atoms with Gasteiger partial charge < -0.3 is 9.80 Å². The molecule has 2 aromatic rings. The van der Waals surface area contributed by atoms with Gasteiger partial charge in [0.1, 0.15) is 4.88 Å². The molecule has 6 heteroatoms. The lowest BCUT2D eigenvalue weighted by molar-refractivity contribution is 0.0538. The van der Waals surface area contributed by atoms with Crippen LogP contribution in [0.25, 0.3) is 0 Å². The van der Waals surface area contributed by atoms with Gasteiger partial charge in [-0.2, -0.15) is 0 Å². The van der Waals surface area contributed by atoms with Gasteiger partial charge in [0, 0.05) is 31.7 Å². The van der Waals surface area contributed by atoms with Crippen LogP contribution in [0, 0.1) is 0 Å². The molecule has 0 spiro atoms. The highest BCUT2D eigenvalue weighted by Gasteiger charge is 2.25. The van der Waals surface area contributed by atoms with E-state index in [0.717, 1.165) is 6.42 Å². The number of aromatic nitrogens is 1. The second-order valence-electron chi connectivity index (χ2n) is 5.50. The lowest BCUT2D eigenvalue weighted by Crippen LogP contribution is -2.50. The highest BCUT2D eigenvalue weighted by molar-refractivity contribution is 7.11. The van der Waals surface area contributed by atoms with Gasteiger partial charge in [-0.25, -0.2) is 0 Å². The fraction of sp³-hybridized carbons (Fsp3) is 0.353. The van der Waals surface area contributed by atoms with Crippen molar-refractivity contribution in [2.24, 2.45) is 0 Å². The molecule has 1 aromatic heterocycles. The van der Waals surface area contributed by atoms with Crippen molar-refractivity contribution in [3.05, 3.63) is 52.0 Å². The summed E-state index contributed by atoms with van der Waals surface area (Å²) in [6.45, 7) is 4.36. The van der Waals surface area contributed by atoms with Crippen molar-refractivity contribution in [2.45, 2.75) is 13.3 Å². The Morgan fingerprint density at radius 1 is 1.04 bits per heavy atom. The van der Waals surface area contributed by atoms with E-state index < -0.39 is 0 Å². The van der Waals surface area contributed by atoms with E-state index in [1.807, 2.05) is 29.2 Å². The molecule has 5 nitrogen and oxygen atoms in total. The number of rotatable bonds is 3. The van der Waals surface area contributed by atoms with Crippen LogP contribution in [-0.2, 0) is 6.42 Å². The molecule has 120 valence electrons. The summed E-state index contributed by atoms with van der Waals surface area (Å²) in [6.07, 6.45) is 2.56. The first-order chi connectivity index (χ1) is 11.2. The van der Waals surface area contributed by atoms with Crippen molar-refractivity contribution < 1.29 is 9.59 Å². The molecular weight excluding hydrogens is 310 g/mol. The van der Waals surface area contributed by atoms with Crippen LogP contribution in [0.3, 0.4) is 0 Å². The third-order valence-electron chi connectivity index (χ3n) is 4.11. The highest BCUT2D eigenvalue weighted by Crippen LogP contribution is 2.14. The van der Waals surface area contributed by atoms with E-state index in [-0.39, 0.29) is 11.8 Å². The Labute approximate surface area is 139 Å². The third-order valence-corrected chi connectivity index (χ3v) is 4.87. The van der Waals surface area contributed by atoms with E-state index >= 15 is 0 Å². The molecule has 0 atom stereocenters. The van der Waals surface area contributed by atoms with E-state index in [4.69, 9.17) is 0 Å². The van der Waals surface area contributed by atoms with E-state index in [1.54, 1.807) is 16.6 Å². The van der Waals surface area contributed by atoms with Gasteiger partial charge >= 0.3 is 0 Å². The van der Waals surface area contributed by atoms with Crippen molar-refractivity contribution in [2.75, 3.05) is 26.2 Å². The Morgan fingerprint density at radius 3 is 2.17 bits per heavy atom. The van der Waals surface area contributed by atoms with Crippen LogP contribution in [0.2, 0.25) is 0 Å². The number of carbonyl (C=O) groups is 2. The standard InChI is InChI=1S/C17H19N3O2S/c1-2-13-3-5-14(6-4-13)16(21)19-7-9-20(10-8-19)17(22)15-11-18-12-23-15/h3-6,11-12H,2,7-10H2,1H3. The number of hydrogen-bond donors (Lipinski definition) is 0. The second kappa shape index (κ2) is 6.91. The Hall–Kier alpha value is -2.21. The van der Waals surface area contributed by atoms with Crippen molar-refractivity contribution in [3.8, 4) is 0 Å². The van der Waals surface area contributed by atoms with Crippen LogP contribution in [0.4, 0.5) is 0 Å². The molecule has 3 rings (SSSR count). The lowest BCUT2D eigenvalue weighted by atomic mass is 10.1. The largest absolute Gasteiger partial charge is 0.335 e. The molecule has 1 saturated heterocycles. The number of nitrogens with zero attached hydrogens (tertiary/aromatic N) is 3. The molecule has 0 saturated carbocycles. The van der Waals surface area contributed by atoms with Crippen LogP contribution >= 0.6 is 11.3 Å². The van der Waals surface area contributed by atoms with Gasteiger partial charge in [-0.3, -0.25) is 14.6 Å². The zero-order valence-corrected chi connectivity index (χ0v) is 13.9. The maximum Gasteiger partial charge on any atom is 0.265 e. The minimum atomic E-state index is 0.00639. The number of carbonyl (C=O) groups excluding carboxylic acids is 2. The predicted octanol–water partition coefficient (Wildman–Crippen LogP) is 2.30. The zero-order valence-electron chi connectivity index (χ0n) is 13.1. The Bertz CT molecular complexity index is 674. The molecular formula is C17H19N3O2S. The smallest absolute Gasteiger partial charge is 0.265 e. The van der Waals surface area contributed by atoms with Crippen LogP contribution in [0.1, 0.15) is 32.5 Å². The lowest BCUT2D eigenvalue weighted by Gasteiger charge is -2.34. The number of benzene rings is 1. The minimum absolute atomic E-state index is 0.00639. The number of piperazine rings is 1. The molecule has 1 aliphatic heterocycles. The van der Waals surface area contributed by atoms with Gasteiger partial charge in [-0.05, 0) is 24.1 Å². The van der Waals surface area contributed by atoms with E-state index in [2.05, 4.69) is 11.9 Å². The Balaban J connectivity index is 1.59. The van der Waals surface area contributed by atoms with Gasteiger partial charge in [0.05, 0.1) is 11.7 Å². The van der Waals surface area contributed by atoms with E-state index in [1.165, 1.54) is 16.9 Å². The predicted molar refractivity (Wildman–Crippen MR) is 89.7 cm³/mol. The van der Waals surface area contributed by atoms with Gasteiger partial charge in [-0.1, -0.05) is 19.1 Å². The number of thiazole rings is 1. The average Bonchev–Trinajstić information content (AvgIpc) is 3.15. The summed E-state index contributed by atoms with van der Waals surface area (Å²) in [5.41, 5.74) is 3.60. The molecule has 0 N–H and O–H groups in total. The first-order valence-corrected chi connectivity index (χ1v) is 8.63. The molecule has 0 unspecified atom stereocenters. The maximum atomic E-state index is 12.5. The van der Waals surface area contributed by atoms with Crippen molar-refractivity contribution in [1.29, 1.82) is 0 Å². The monoisotopic (exact) mass is 329 g/mol. The molecule has 0 aliphatic carbocycles. The molecule has 0 bridgehead atoms. The van der Waals surface area contributed by atoms with Crippen LogP contribution in [0.5, 0.6) is 0 Å². The molecule has 0 radical (unpaired) electrons. The Morgan fingerprint density at radius 2 is 1.65 bits per heavy atom. The molecule has 23 heavy (non-hydrogen) atoms. The van der Waals surface area contributed by atoms with Crippen molar-refractivity contribution >= 4 is 23.2 Å². The minimum Gasteiger partial charge on any atom is -0.335 e. The summed E-state index contributed by atoms with van der Waals surface area (Å²) >= 11 is 1.35. The van der Waals surface area contributed by atoms with Crippen LogP contribution < -0.4 is 0 Å². The first kappa shape index (κ1) is 15.7. The van der Waals surface area contributed by atoms with Crippen LogP contribution in [-0.4, -0.2) is 52.8 Å². The van der Waals surface area contributed by atoms with Gasteiger partial charge in [0.15, 0.2) is 0 Å². The van der Waals surface area contributed by atoms with Crippen molar-refractivity contribution in [3.63, 3.8) is 0 Å². The van der Waals surface area contributed by atoms with E-state index in [0.29, 0.717) is 36.6 Å². The average molecular weight is 329 g/mol. The summed E-state index contributed by atoms with van der Waals surface area (Å²) in [7, 11) is 0. The molecule has 1 fully saturated rings. The highest BCUT2D eigenvalue weighted by atomic mass is 32.1. The zero-order chi connectivity index (χ0) is 16.2. The normalized spacial score (nSPS) is 14.8. The topological polar surface area (TPSA) is 53.5 Å². The fourth-order valence-electron chi connectivity index (χ4n) is 2.66. The quantitative estimate of drug-likeness (QED) is 0.868. The SMILES string of the molecule is CCc1ccc(C(=O)N2CCN(C(=O)c3cncs3)CC2)cc1. The first-order valence-electron chi connectivity index (χ1n) is 7.75. The van der Waals surface area contributed by atoms with Gasteiger partial charge in [0.25, 0.3) is 11.8 Å². The second-order valence-corrected chi connectivity index (χ2v) is 6.39. The Kier molecular flexibility index (Phi) is 4.71. The summed E-state index contributed by atoms with van der Waals surface area (Å²) < 4.78 is 0. The summed E-state index contributed by atoms with van der Waals surface area (Å²) in [4.78, 5) is 33.0. The molecule has 2 heterocycles. The van der Waals surface area contributed by atoms with Crippen LogP contribution in [0.15, 0.2) is 36.0 Å². The molecule has 1 aromatic carbocycles. The number of hydrogen-bond acceptors (Lipinski definition) is 4. The van der Waals surface area contributed by atoms with E-state index in [9.17, 15) is 9.59 Å². The summed E-state index contributed by atoms with van der Waals surface area (Å²) in [6, 6.07) is 7.76. The van der Waals surface area contributed by atoms with Gasteiger partial charge in [0.2, 0.25) is 0 Å². The number of aryl methyl sites for hydroxylation is 1. The maximum absolute atomic E-state index is 12.5.